The molecular weight excluding hydrogens is 404 g/mol. The monoisotopic (exact) mass is 428 g/mol. The zero-order valence-corrected chi connectivity index (χ0v) is 17.7. The van der Waals surface area contributed by atoms with E-state index in [1.54, 1.807) is 26.0 Å². The van der Waals surface area contributed by atoms with Crippen molar-refractivity contribution in [2.45, 2.75) is 13.8 Å². The fraction of sp³-hybridized carbons (Fsp3) is 0.364. The Morgan fingerprint density at radius 1 is 1.16 bits per heavy atom. The van der Waals surface area contributed by atoms with Crippen molar-refractivity contribution in [3.05, 3.63) is 57.1 Å². The molecule has 1 saturated heterocycles. The van der Waals surface area contributed by atoms with Crippen LogP contribution in [-0.4, -0.2) is 56.9 Å². The highest BCUT2D eigenvalue weighted by Crippen LogP contribution is 2.41. The molecule has 1 aliphatic heterocycles. The van der Waals surface area contributed by atoms with Gasteiger partial charge >= 0.3 is 11.9 Å². The van der Waals surface area contributed by atoms with Crippen molar-refractivity contribution in [1.82, 2.24) is 0 Å². The number of anilines is 1. The lowest BCUT2D eigenvalue weighted by atomic mass is 9.88. The molecule has 0 aromatic heterocycles. The number of methoxy groups -OCH3 is 1. The number of carbonyl (C=O) groups excluding carboxylic acids is 2. The molecule has 31 heavy (non-hydrogen) atoms. The van der Waals surface area contributed by atoms with Crippen molar-refractivity contribution in [2.75, 3.05) is 44.9 Å². The fourth-order valence-electron chi connectivity index (χ4n) is 3.74. The molecular formula is C22H24N2O7. The minimum Gasteiger partial charge on any atom is -0.465 e. The average molecular weight is 428 g/mol. The lowest BCUT2D eigenvalue weighted by molar-refractivity contribution is -0.384. The van der Waals surface area contributed by atoms with Crippen LogP contribution >= 0.6 is 0 Å². The molecule has 0 unspecified atom stereocenters. The third-order valence-corrected chi connectivity index (χ3v) is 5.09. The van der Waals surface area contributed by atoms with Crippen molar-refractivity contribution in [3.63, 3.8) is 0 Å². The van der Waals surface area contributed by atoms with Gasteiger partial charge in [-0.05, 0) is 31.5 Å². The van der Waals surface area contributed by atoms with Crippen LogP contribution in [0, 0.1) is 17.0 Å². The summed E-state index contributed by atoms with van der Waals surface area (Å²) in [4.78, 5) is 39.1. The maximum absolute atomic E-state index is 13.2. The van der Waals surface area contributed by atoms with Crippen molar-refractivity contribution in [3.8, 4) is 11.1 Å². The number of morpholine rings is 1. The first-order chi connectivity index (χ1) is 14.9. The van der Waals surface area contributed by atoms with Crippen molar-refractivity contribution in [1.29, 1.82) is 0 Å². The molecule has 9 heteroatoms. The standard InChI is InChI=1S/C22H24N2O7/c1-4-31-22(26)20-17(23-9-11-30-12-10-23)13-14(2)18(21(25)29-3)19(20)15-7-5-6-8-16(15)24(27)28/h5-8,13H,4,9-12H2,1-3H3. The van der Waals surface area contributed by atoms with Crippen LogP contribution in [0.2, 0.25) is 0 Å². The van der Waals surface area contributed by atoms with Gasteiger partial charge in [-0.25, -0.2) is 9.59 Å². The Hall–Kier alpha value is -3.46. The Morgan fingerprint density at radius 2 is 1.84 bits per heavy atom. The predicted molar refractivity (Wildman–Crippen MR) is 114 cm³/mol. The van der Waals surface area contributed by atoms with Gasteiger partial charge in [0.05, 0.1) is 54.2 Å². The largest absolute Gasteiger partial charge is 0.465 e. The normalized spacial score (nSPS) is 13.6. The topological polar surface area (TPSA) is 108 Å². The highest BCUT2D eigenvalue weighted by Gasteiger charge is 2.33. The van der Waals surface area contributed by atoms with Gasteiger partial charge in [-0.2, -0.15) is 0 Å². The van der Waals surface area contributed by atoms with Crippen LogP contribution in [0.25, 0.3) is 11.1 Å². The second-order valence-electron chi connectivity index (χ2n) is 6.92. The summed E-state index contributed by atoms with van der Waals surface area (Å²) in [6.07, 6.45) is 0. The number of carbonyl (C=O) groups is 2. The van der Waals surface area contributed by atoms with Gasteiger partial charge in [-0.15, -0.1) is 0 Å². The van der Waals surface area contributed by atoms with E-state index in [0.717, 1.165) is 0 Å². The van der Waals surface area contributed by atoms with Crippen LogP contribution in [0.5, 0.6) is 0 Å². The lowest BCUT2D eigenvalue weighted by Crippen LogP contribution is -2.37. The van der Waals surface area contributed by atoms with E-state index in [4.69, 9.17) is 14.2 Å². The van der Waals surface area contributed by atoms with E-state index in [1.807, 2.05) is 4.90 Å². The van der Waals surface area contributed by atoms with Crippen LogP contribution in [0.4, 0.5) is 11.4 Å². The van der Waals surface area contributed by atoms with Gasteiger partial charge in [0.2, 0.25) is 0 Å². The minimum absolute atomic E-state index is 0.0943. The number of nitro groups is 1. The van der Waals surface area contributed by atoms with Gasteiger partial charge in [0, 0.05) is 24.7 Å². The van der Waals surface area contributed by atoms with Crippen LogP contribution in [-0.2, 0) is 14.2 Å². The molecule has 0 spiro atoms. The molecule has 1 aliphatic rings. The van der Waals surface area contributed by atoms with Gasteiger partial charge in [0.1, 0.15) is 0 Å². The third kappa shape index (κ3) is 4.36. The molecule has 3 rings (SSSR count). The number of para-hydroxylation sites is 1. The van der Waals surface area contributed by atoms with Crippen LogP contribution in [0.3, 0.4) is 0 Å². The predicted octanol–water partition coefficient (Wildman–Crippen LogP) is 3.37. The van der Waals surface area contributed by atoms with Crippen LogP contribution < -0.4 is 4.90 Å². The average Bonchev–Trinajstić information content (AvgIpc) is 2.78. The number of nitrogens with zero attached hydrogens (tertiary/aromatic N) is 2. The van der Waals surface area contributed by atoms with E-state index in [-0.39, 0.29) is 34.5 Å². The number of ether oxygens (including phenoxy) is 3. The Morgan fingerprint density at radius 3 is 2.45 bits per heavy atom. The molecule has 164 valence electrons. The number of hydrogen-bond acceptors (Lipinski definition) is 8. The van der Waals surface area contributed by atoms with Gasteiger partial charge < -0.3 is 19.1 Å². The van der Waals surface area contributed by atoms with Crippen molar-refractivity contribution in [2.24, 2.45) is 0 Å². The summed E-state index contributed by atoms with van der Waals surface area (Å²) in [6.45, 7) is 5.50. The summed E-state index contributed by atoms with van der Waals surface area (Å²) >= 11 is 0. The summed E-state index contributed by atoms with van der Waals surface area (Å²) in [5, 5.41) is 11.8. The smallest absolute Gasteiger partial charge is 0.340 e. The van der Waals surface area contributed by atoms with E-state index in [0.29, 0.717) is 37.6 Å². The van der Waals surface area contributed by atoms with E-state index in [1.165, 1.54) is 25.3 Å². The zero-order chi connectivity index (χ0) is 22.5. The molecule has 2 aromatic carbocycles. The van der Waals surface area contributed by atoms with E-state index < -0.39 is 16.9 Å². The summed E-state index contributed by atoms with van der Waals surface area (Å²) in [7, 11) is 1.23. The second-order valence-corrected chi connectivity index (χ2v) is 6.92. The Balaban J connectivity index is 2.44. The first-order valence-electron chi connectivity index (χ1n) is 9.90. The van der Waals surface area contributed by atoms with Crippen LogP contribution in [0.1, 0.15) is 33.2 Å². The second kappa shape index (κ2) is 9.57. The number of benzene rings is 2. The van der Waals surface area contributed by atoms with Crippen molar-refractivity contribution >= 4 is 23.3 Å². The van der Waals surface area contributed by atoms with E-state index in [2.05, 4.69) is 0 Å². The summed E-state index contributed by atoms with van der Waals surface area (Å²) in [5.41, 5.74) is 1.33. The molecule has 9 nitrogen and oxygen atoms in total. The Bertz CT molecular complexity index is 1010. The number of hydrogen-bond donors (Lipinski definition) is 0. The summed E-state index contributed by atoms with van der Waals surface area (Å²) in [5.74, 6) is -1.35. The first kappa shape index (κ1) is 22.2. The molecule has 0 atom stereocenters. The molecule has 0 radical (unpaired) electrons. The minimum atomic E-state index is -0.690. The lowest BCUT2D eigenvalue weighted by Gasteiger charge is -2.32. The number of esters is 2. The summed E-state index contributed by atoms with van der Waals surface area (Å²) in [6, 6.07) is 7.73. The van der Waals surface area contributed by atoms with E-state index >= 15 is 0 Å². The van der Waals surface area contributed by atoms with Crippen molar-refractivity contribution < 1.29 is 28.7 Å². The number of aryl methyl sites for hydroxylation is 1. The molecule has 0 bridgehead atoms. The van der Waals surface area contributed by atoms with Gasteiger partial charge in [-0.1, -0.05) is 12.1 Å². The van der Waals surface area contributed by atoms with Gasteiger partial charge in [0.15, 0.2) is 0 Å². The van der Waals surface area contributed by atoms with Crippen LogP contribution in [0.15, 0.2) is 30.3 Å². The zero-order valence-electron chi connectivity index (χ0n) is 17.7. The number of rotatable bonds is 6. The SMILES string of the molecule is CCOC(=O)c1c(N2CCOCC2)cc(C)c(C(=O)OC)c1-c1ccccc1[N+](=O)[O-]. The van der Waals surface area contributed by atoms with E-state index in [9.17, 15) is 19.7 Å². The van der Waals surface area contributed by atoms with Gasteiger partial charge in [0.25, 0.3) is 5.69 Å². The fourth-order valence-corrected chi connectivity index (χ4v) is 3.74. The molecule has 1 heterocycles. The third-order valence-electron chi connectivity index (χ3n) is 5.09. The quantitative estimate of drug-likeness (QED) is 0.391. The first-order valence-corrected chi connectivity index (χ1v) is 9.90. The molecule has 0 N–H and O–H groups in total. The molecule has 0 aliphatic carbocycles. The molecule has 1 fully saturated rings. The number of nitro benzene ring substituents is 1. The Kier molecular flexibility index (Phi) is 6.86. The maximum atomic E-state index is 13.2. The molecule has 0 amide bonds. The van der Waals surface area contributed by atoms with Gasteiger partial charge in [-0.3, -0.25) is 10.1 Å². The maximum Gasteiger partial charge on any atom is 0.340 e. The Labute approximate surface area is 179 Å². The molecule has 0 saturated carbocycles. The summed E-state index contributed by atoms with van der Waals surface area (Å²) < 4.78 is 15.7. The highest BCUT2D eigenvalue weighted by atomic mass is 16.6. The molecule has 2 aromatic rings. The highest BCUT2D eigenvalue weighted by molar-refractivity contribution is 6.11.